The van der Waals surface area contributed by atoms with E-state index in [0.29, 0.717) is 5.82 Å². The molecule has 0 saturated heterocycles. The number of sulfonamides is 1. The van der Waals surface area contributed by atoms with Gasteiger partial charge in [-0.05, 0) is 12.3 Å². The average Bonchev–Trinajstić information content (AvgIpc) is 2.70. The van der Waals surface area contributed by atoms with E-state index in [2.05, 4.69) is 9.71 Å². The van der Waals surface area contributed by atoms with Crippen molar-refractivity contribution in [3.8, 4) is 0 Å². The van der Waals surface area contributed by atoms with E-state index in [4.69, 9.17) is 5.11 Å². The number of aliphatic carboxylic acids is 1. The van der Waals surface area contributed by atoms with E-state index >= 15 is 0 Å². The van der Waals surface area contributed by atoms with E-state index in [-0.39, 0.29) is 23.3 Å². The molecule has 0 unspecified atom stereocenters. The lowest BCUT2D eigenvalue weighted by Gasteiger charge is -2.15. The maximum Gasteiger partial charge on any atom is 0.321 e. The number of nitrogens with one attached hydrogen (secondary N) is 1. The summed E-state index contributed by atoms with van der Waals surface area (Å²) in [6.07, 6.45) is 1.62. The first-order valence-corrected chi connectivity index (χ1v) is 8.31. The number of carboxylic acids is 1. The second-order valence-corrected chi connectivity index (χ2v) is 7.51. The summed E-state index contributed by atoms with van der Waals surface area (Å²) in [7, 11) is -2.24. The van der Waals surface area contributed by atoms with Crippen LogP contribution in [0.15, 0.2) is 11.2 Å². The summed E-state index contributed by atoms with van der Waals surface area (Å²) in [6.45, 7) is 7.49. The summed E-state index contributed by atoms with van der Waals surface area (Å²) in [6, 6.07) is -1.15. The summed E-state index contributed by atoms with van der Waals surface area (Å²) in [4.78, 5) is 15.3. The van der Waals surface area contributed by atoms with Gasteiger partial charge in [-0.1, -0.05) is 27.7 Å². The third-order valence-corrected chi connectivity index (χ3v) is 4.33. The fourth-order valence-electron chi connectivity index (χ4n) is 2.04. The molecule has 2 N–H and O–H groups in total. The van der Waals surface area contributed by atoms with Gasteiger partial charge in [0.2, 0.25) is 0 Å². The molecule has 0 amide bonds. The average molecular weight is 317 g/mol. The molecule has 7 nitrogen and oxygen atoms in total. The van der Waals surface area contributed by atoms with Crippen molar-refractivity contribution in [3.63, 3.8) is 0 Å². The Balaban J connectivity index is 3.05. The first-order chi connectivity index (χ1) is 9.54. The van der Waals surface area contributed by atoms with Gasteiger partial charge in [0, 0.05) is 19.2 Å². The molecule has 0 radical (unpaired) electrons. The number of aryl methyl sites for hydroxylation is 1. The SMILES string of the molecule is CC(C)C[C@@H](NS(=O)(=O)c1cn(C)c(C(C)C)n1)C(=O)O. The standard InChI is InChI=1S/C13H23N3O4S/c1-8(2)6-10(13(17)18)15-21(19,20)11-7-16(5)12(14-11)9(3)4/h7-10,15H,6H2,1-5H3,(H,17,18)/t10-/m1/s1. The highest BCUT2D eigenvalue weighted by atomic mass is 32.2. The van der Waals surface area contributed by atoms with E-state index in [1.165, 1.54) is 6.20 Å². The minimum atomic E-state index is -3.95. The van der Waals surface area contributed by atoms with Crippen LogP contribution < -0.4 is 4.72 Å². The molecule has 0 fully saturated rings. The van der Waals surface area contributed by atoms with Crippen molar-refractivity contribution in [2.75, 3.05) is 0 Å². The van der Waals surface area contributed by atoms with E-state index in [1.54, 1.807) is 11.6 Å². The maximum atomic E-state index is 12.3. The van der Waals surface area contributed by atoms with Gasteiger partial charge in [-0.15, -0.1) is 0 Å². The van der Waals surface area contributed by atoms with Crippen LogP contribution in [0.2, 0.25) is 0 Å². The van der Waals surface area contributed by atoms with Gasteiger partial charge in [0.15, 0.2) is 5.03 Å². The van der Waals surface area contributed by atoms with Gasteiger partial charge < -0.3 is 9.67 Å². The molecule has 0 aliphatic heterocycles. The molecular formula is C13H23N3O4S. The molecule has 1 atom stereocenters. The Labute approximate surface area is 125 Å². The number of hydrogen-bond acceptors (Lipinski definition) is 4. The normalized spacial score (nSPS) is 13.9. The zero-order valence-corrected chi connectivity index (χ0v) is 13.8. The van der Waals surface area contributed by atoms with E-state index in [1.807, 2.05) is 27.7 Å². The molecule has 0 bridgehead atoms. The van der Waals surface area contributed by atoms with E-state index < -0.39 is 22.0 Å². The monoisotopic (exact) mass is 317 g/mol. The highest BCUT2D eigenvalue weighted by molar-refractivity contribution is 7.89. The number of nitrogens with zero attached hydrogens (tertiary/aromatic N) is 2. The van der Waals surface area contributed by atoms with E-state index in [9.17, 15) is 13.2 Å². The Morgan fingerprint density at radius 2 is 1.95 bits per heavy atom. The quantitative estimate of drug-likeness (QED) is 0.790. The second kappa shape index (κ2) is 6.57. The predicted molar refractivity (Wildman–Crippen MR) is 78.5 cm³/mol. The highest BCUT2D eigenvalue weighted by Gasteiger charge is 2.28. The Bertz CT molecular complexity index is 605. The van der Waals surface area contributed by atoms with Crippen LogP contribution in [-0.2, 0) is 21.9 Å². The largest absolute Gasteiger partial charge is 0.480 e. The number of hydrogen-bond donors (Lipinski definition) is 2. The number of carbonyl (C=O) groups is 1. The fourth-order valence-corrected chi connectivity index (χ4v) is 3.24. The van der Waals surface area contributed by atoms with E-state index in [0.717, 1.165) is 0 Å². The Kier molecular flexibility index (Phi) is 5.52. The van der Waals surface area contributed by atoms with Crippen LogP contribution in [0.4, 0.5) is 0 Å². The minimum Gasteiger partial charge on any atom is -0.480 e. The van der Waals surface area contributed by atoms with Gasteiger partial charge in [0.05, 0.1) is 0 Å². The Morgan fingerprint density at radius 3 is 2.33 bits per heavy atom. The number of carboxylic acid groups (broad SMARTS) is 1. The van der Waals surface area contributed by atoms with Crippen molar-refractivity contribution in [2.24, 2.45) is 13.0 Å². The van der Waals surface area contributed by atoms with Crippen LogP contribution in [-0.4, -0.2) is 35.1 Å². The predicted octanol–water partition coefficient (Wildman–Crippen LogP) is 1.32. The highest BCUT2D eigenvalue weighted by Crippen LogP contribution is 2.17. The zero-order chi connectivity index (χ0) is 16.4. The molecule has 1 aromatic rings. The molecule has 0 aliphatic rings. The van der Waals surface area contributed by atoms with Crippen LogP contribution in [0.25, 0.3) is 0 Å². The summed E-state index contributed by atoms with van der Waals surface area (Å²) < 4.78 is 28.4. The van der Waals surface area contributed by atoms with Gasteiger partial charge in [-0.2, -0.15) is 4.72 Å². The molecule has 21 heavy (non-hydrogen) atoms. The second-order valence-electron chi connectivity index (χ2n) is 5.84. The summed E-state index contributed by atoms with van der Waals surface area (Å²) >= 11 is 0. The number of imidazole rings is 1. The third-order valence-electron chi connectivity index (χ3n) is 2.98. The van der Waals surface area contributed by atoms with Gasteiger partial charge >= 0.3 is 5.97 Å². The van der Waals surface area contributed by atoms with Crippen molar-refractivity contribution in [3.05, 3.63) is 12.0 Å². The first kappa shape index (κ1) is 17.6. The molecule has 1 heterocycles. The van der Waals surface area contributed by atoms with Crippen LogP contribution in [0.1, 0.15) is 45.9 Å². The molecular weight excluding hydrogens is 294 g/mol. The molecule has 120 valence electrons. The number of rotatable bonds is 7. The molecule has 8 heteroatoms. The van der Waals surface area contributed by atoms with Crippen LogP contribution in [0.3, 0.4) is 0 Å². The summed E-state index contributed by atoms with van der Waals surface area (Å²) in [5, 5.41) is 8.98. The molecule has 1 rings (SSSR count). The maximum absolute atomic E-state index is 12.3. The number of aromatic nitrogens is 2. The van der Waals surface area contributed by atoms with Crippen LogP contribution >= 0.6 is 0 Å². The minimum absolute atomic E-state index is 0.0590. The summed E-state index contributed by atoms with van der Waals surface area (Å²) in [5.74, 6) is -0.424. The molecule has 0 aliphatic carbocycles. The van der Waals surface area contributed by atoms with Crippen molar-refractivity contribution < 1.29 is 18.3 Å². The van der Waals surface area contributed by atoms with Crippen molar-refractivity contribution in [2.45, 2.75) is 51.1 Å². The molecule has 0 saturated carbocycles. The van der Waals surface area contributed by atoms with Crippen molar-refractivity contribution >= 4 is 16.0 Å². The smallest absolute Gasteiger partial charge is 0.321 e. The third kappa shape index (κ3) is 4.53. The Hall–Kier alpha value is -1.41. The van der Waals surface area contributed by atoms with Gasteiger partial charge in [0.25, 0.3) is 10.0 Å². The van der Waals surface area contributed by atoms with Crippen LogP contribution in [0.5, 0.6) is 0 Å². The summed E-state index contributed by atoms with van der Waals surface area (Å²) in [5.41, 5.74) is 0. The molecule has 0 aromatic carbocycles. The fraction of sp³-hybridized carbons (Fsp3) is 0.692. The zero-order valence-electron chi connectivity index (χ0n) is 13.0. The lowest BCUT2D eigenvalue weighted by molar-refractivity contribution is -0.139. The molecule has 0 spiro atoms. The van der Waals surface area contributed by atoms with Gasteiger partial charge in [-0.3, -0.25) is 4.79 Å². The van der Waals surface area contributed by atoms with Crippen molar-refractivity contribution in [1.29, 1.82) is 0 Å². The lowest BCUT2D eigenvalue weighted by Crippen LogP contribution is -2.41. The van der Waals surface area contributed by atoms with Crippen molar-refractivity contribution in [1.82, 2.24) is 14.3 Å². The van der Waals surface area contributed by atoms with Gasteiger partial charge in [0.1, 0.15) is 11.9 Å². The van der Waals surface area contributed by atoms with Gasteiger partial charge in [-0.25, -0.2) is 13.4 Å². The Morgan fingerprint density at radius 1 is 1.38 bits per heavy atom. The first-order valence-electron chi connectivity index (χ1n) is 6.83. The molecule has 1 aromatic heterocycles. The van der Waals surface area contributed by atoms with Crippen LogP contribution in [0, 0.1) is 5.92 Å². The lowest BCUT2D eigenvalue weighted by atomic mass is 10.1. The topological polar surface area (TPSA) is 101 Å².